The highest BCUT2D eigenvalue weighted by atomic mass is 32.1. The molecule has 0 aliphatic heterocycles. The van der Waals surface area contributed by atoms with E-state index in [-0.39, 0.29) is 17.7 Å². The first-order chi connectivity index (χ1) is 14.9. The molecule has 2 aromatic heterocycles. The fourth-order valence-electron chi connectivity index (χ4n) is 3.02. The van der Waals surface area contributed by atoms with Crippen molar-refractivity contribution >= 4 is 22.9 Å². The van der Waals surface area contributed by atoms with Crippen LogP contribution in [0.2, 0.25) is 0 Å². The number of aromatic nitrogens is 3. The Labute approximate surface area is 182 Å². The molecule has 0 aliphatic rings. The number of benzene rings is 2. The van der Waals surface area contributed by atoms with E-state index < -0.39 is 5.82 Å². The number of para-hydroxylation sites is 1. The Hall–Kier alpha value is -3.65. The van der Waals surface area contributed by atoms with Crippen LogP contribution >= 0.6 is 11.3 Å². The second-order valence-corrected chi connectivity index (χ2v) is 7.84. The highest BCUT2D eigenvalue weighted by Gasteiger charge is 2.19. The maximum absolute atomic E-state index is 13.8. The summed E-state index contributed by atoms with van der Waals surface area (Å²) in [5.41, 5.74) is 3.12. The van der Waals surface area contributed by atoms with Crippen molar-refractivity contribution in [2.24, 2.45) is 0 Å². The van der Waals surface area contributed by atoms with E-state index in [4.69, 9.17) is 4.74 Å². The molecule has 4 aromatic rings. The summed E-state index contributed by atoms with van der Waals surface area (Å²) in [6, 6.07) is 15.7. The molecule has 0 radical (unpaired) electrons. The van der Waals surface area contributed by atoms with Gasteiger partial charge in [0, 0.05) is 5.56 Å². The number of anilines is 1. The van der Waals surface area contributed by atoms with Crippen LogP contribution in [-0.4, -0.2) is 20.9 Å². The van der Waals surface area contributed by atoms with E-state index >= 15 is 0 Å². The third-order valence-electron chi connectivity index (χ3n) is 4.55. The summed E-state index contributed by atoms with van der Waals surface area (Å²) in [6.07, 6.45) is 0. The third-order valence-corrected chi connectivity index (χ3v) is 5.76. The zero-order valence-corrected chi connectivity index (χ0v) is 18.0. The van der Waals surface area contributed by atoms with Crippen LogP contribution < -0.4 is 10.1 Å². The normalized spacial score (nSPS) is 10.7. The van der Waals surface area contributed by atoms with Gasteiger partial charge in [-0.3, -0.25) is 4.79 Å². The molecule has 0 spiro atoms. The molecule has 0 bridgehead atoms. The fraction of sp³-hybridized carbons (Fsp3) is 0.130. The Morgan fingerprint density at radius 2 is 1.55 bits per heavy atom. The number of amides is 1. The standard InChI is InChI=1S/C23H19FN4O2S/c1-13-19(14(2)27-23(26-13)30-18-12-8-7-11-17(18)24)28-21(29)20-15(3)25-22(31-20)16-9-5-4-6-10-16/h4-12H,1-3H3,(H,28,29). The first kappa shape index (κ1) is 20.6. The Bertz CT molecular complexity index is 1230. The Morgan fingerprint density at radius 1 is 0.903 bits per heavy atom. The number of halogens is 1. The van der Waals surface area contributed by atoms with Gasteiger partial charge in [0.2, 0.25) is 0 Å². The lowest BCUT2D eigenvalue weighted by atomic mass is 10.2. The number of thiazole rings is 1. The molecular weight excluding hydrogens is 415 g/mol. The van der Waals surface area contributed by atoms with Gasteiger partial charge in [-0.2, -0.15) is 9.97 Å². The van der Waals surface area contributed by atoms with Gasteiger partial charge >= 0.3 is 6.01 Å². The summed E-state index contributed by atoms with van der Waals surface area (Å²) in [5.74, 6) is -0.754. The van der Waals surface area contributed by atoms with Crippen LogP contribution in [0.25, 0.3) is 10.6 Å². The maximum Gasteiger partial charge on any atom is 0.322 e. The SMILES string of the molecule is Cc1nc(-c2ccccc2)sc1C(=O)Nc1c(C)nc(Oc2ccccc2F)nc1C. The summed E-state index contributed by atoms with van der Waals surface area (Å²) in [4.78, 5) is 26.5. The summed E-state index contributed by atoms with van der Waals surface area (Å²) < 4.78 is 19.3. The number of carbonyl (C=O) groups excluding carboxylic acids is 1. The van der Waals surface area contributed by atoms with Gasteiger partial charge in [-0.1, -0.05) is 42.5 Å². The molecule has 1 N–H and O–H groups in total. The van der Waals surface area contributed by atoms with Crippen molar-refractivity contribution in [3.63, 3.8) is 0 Å². The average Bonchev–Trinajstić information content (AvgIpc) is 3.15. The van der Waals surface area contributed by atoms with Crippen LogP contribution in [-0.2, 0) is 0 Å². The average molecular weight is 434 g/mol. The van der Waals surface area contributed by atoms with Crippen molar-refractivity contribution in [2.45, 2.75) is 20.8 Å². The molecule has 1 amide bonds. The van der Waals surface area contributed by atoms with Crippen molar-refractivity contribution in [3.8, 4) is 22.3 Å². The molecule has 4 rings (SSSR count). The van der Waals surface area contributed by atoms with Crippen LogP contribution in [0.3, 0.4) is 0 Å². The fourth-order valence-corrected chi connectivity index (χ4v) is 3.99. The molecule has 2 heterocycles. The van der Waals surface area contributed by atoms with Crippen molar-refractivity contribution in [2.75, 3.05) is 5.32 Å². The van der Waals surface area contributed by atoms with Crippen molar-refractivity contribution in [1.82, 2.24) is 15.0 Å². The first-order valence-corrected chi connectivity index (χ1v) is 10.4. The minimum atomic E-state index is -0.506. The van der Waals surface area contributed by atoms with Gasteiger partial charge in [-0.15, -0.1) is 11.3 Å². The molecule has 31 heavy (non-hydrogen) atoms. The summed E-state index contributed by atoms with van der Waals surface area (Å²) in [7, 11) is 0. The number of nitrogens with zero attached hydrogens (tertiary/aromatic N) is 3. The van der Waals surface area contributed by atoms with Crippen LogP contribution in [0.5, 0.6) is 11.8 Å². The van der Waals surface area contributed by atoms with Crippen LogP contribution in [0.15, 0.2) is 54.6 Å². The van der Waals surface area contributed by atoms with E-state index in [1.807, 2.05) is 30.3 Å². The van der Waals surface area contributed by atoms with Crippen molar-refractivity contribution in [1.29, 1.82) is 0 Å². The van der Waals surface area contributed by atoms with E-state index in [0.29, 0.717) is 27.6 Å². The van der Waals surface area contributed by atoms with Crippen LogP contribution in [0.1, 0.15) is 26.8 Å². The van der Waals surface area contributed by atoms with E-state index in [2.05, 4.69) is 20.3 Å². The lowest BCUT2D eigenvalue weighted by molar-refractivity contribution is 0.102. The number of hydrogen-bond donors (Lipinski definition) is 1. The molecule has 0 saturated carbocycles. The van der Waals surface area contributed by atoms with E-state index in [9.17, 15) is 9.18 Å². The zero-order valence-electron chi connectivity index (χ0n) is 17.1. The molecular formula is C23H19FN4O2S. The Kier molecular flexibility index (Phi) is 5.73. The highest BCUT2D eigenvalue weighted by molar-refractivity contribution is 7.17. The maximum atomic E-state index is 13.8. The Morgan fingerprint density at radius 3 is 2.23 bits per heavy atom. The lowest BCUT2D eigenvalue weighted by Gasteiger charge is -2.12. The molecule has 0 unspecified atom stereocenters. The van der Waals surface area contributed by atoms with E-state index in [0.717, 1.165) is 10.6 Å². The van der Waals surface area contributed by atoms with Crippen LogP contribution in [0.4, 0.5) is 10.1 Å². The summed E-state index contributed by atoms with van der Waals surface area (Å²) in [5, 5.41) is 3.66. The molecule has 156 valence electrons. The number of rotatable bonds is 5. The summed E-state index contributed by atoms with van der Waals surface area (Å²) in [6.45, 7) is 5.26. The van der Waals surface area contributed by atoms with Gasteiger partial charge in [-0.25, -0.2) is 9.37 Å². The number of carbonyl (C=O) groups is 1. The predicted molar refractivity (Wildman–Crippen MR) is 118 cm³/mol. The van der Waals surface area contributed by atoms with Gasteiger partial charge in [0.05, 0.1) is 22.8 Å². The smallest absolute Gasteiger partial charge is 0.322 e. The predicted octanol–water partition coefficient (Wildman–Crippen LogP) is 5.71. The van der Waals surface area contributed by atoms with Crippen molar-refractivity contribution < 1.29 is 13.9 Å². The van der Waals surface area contributed by atoms with Crippen molar-refractivity contribution in [3.05, 3.63) is 82.4 Å². The first-order valence-electron chi connectivity index (χ1n) is 9.54. The minimum Gasteiger partial charge on any atom is -0.421 e. The third kappa shape index (κ3) is 4.44. The highest BCUT2D eigenvalue weighted by Crippen LogP contribution is 2.30. The number of aryl methyl sites for hydroxylation is 3. The molecule has 0 fully saturated rings. The van der Waals surface area contributed by atoms with Crippen LogP contribution in [0, 0.1) is 26.6 Å². The second kappa shape index (κ2) is 8.61. The van der Waals surface area contributed by atoms with Gasteiger partial charge in [0.25, 0.3) is 5.91 Å². The Balaban J connectivity index is 1.56. The number of ether oxygens (including phenoxy) is 1. The number of nitrogens with one attached hydrogen (secondary N) is 1. The van der Waals surface area contributed by atoms with Gasteiger partial charge in [0.15, 0.2) is 11.6 Å². The van der Waals surface area contributed by atoms with Gasteiger partial charge in [0.1, 0.15) is 9.88 Å². The molecule has 8 heteroatoms. The topological polar surface area (TPSA) is 77.0 Å². The quantitative estimate of drug-likeness (QED) is 0.435. The van der Waals surface area contributed by atoms with Gasteiger partial charge in [-0.05, 0) is 32.9 Å². The molecule has 6 nitrogen and oxygen atoms in total. The molecule has 0 saturated heterocycles. The second-order valence-electron chi connectivity index (χ2n) is 6.84. The van der Waals surface area contributed by atoms with Gasteiger partial charge < -0.3 is 10.1 Å². The van der Waals surface area contributed by atoms with E-state index in [1.54, 1.807) is 32.9 Å². The molecule has 2 aromatic carbocycles. The minimum absolute atomic E-state index is 0.0124. The zero-order chi connectivity index (χ0) is 22.0. The molecule has 0 aliphatic carbocycles. The van der Waals surface area contributed by atoms with E-state index in [1.165, 1.54) is 23.5 Å². The largest absolute Gasteiger partial charge is 0.421 e. The number of hydrogen-bond acceptors (Lipinski definition) is 6. The summed E-state index contributed by atoms with van der Waals surface area (Å²) >= 11 is 1.33. The molecule has 0 atom stereocenters. The lowest BCUT2D eigenvalue weighted by Crippen LogP contribution is -2.15. The monoisotopic (exact) mass is 434 g/mol.